The van der Waals surface area contributed by atoms with Crippen LogP contribution < -0.4 is 10.6 Å². The maximum Gasteiger partial charge on any atom is 0.340 e. The number of urea groups is 1. The Morgan fingerprint density at radius 3 is 2.48 bits per heavy atom. The molecule has 0 saturated carbocycles. The zero-order valence-corrected chi connectivity index (χ0v) is 15.5. The van der Waals surface area contributed by atoms with Crippen molar-refractivity contribution in [2.45, 2.75) is 31.2 Å². The molecule has 2 N–H and O–H groups in total. The Labute approximate surface area is 150 Å². The summed E-state index contributed by atoms with van der Waals surface area (Å²) in [6.45, 7) is 2.91. The molecule has 0 bridgehead atoms. The Hall–Kier alpha value is -2.13. The van der Waals surface area contributed by atoms with Crippen LogP contribution in [0.5, 0.6) is 0 Å². The van der Waals surface area contributed by atoms with Crippen LogP contribution >= 0.6 is 11.6 Å². The zero-order chi connectivity index (χ0) is 19.2. The molecule has 8 nitrogen and oxygen atoms in total. The molecule has 25 heavy (non-hydrogen) atoms. The van der Waals surface area contributed by atoms with Crippen LogP contribution in [0.1, 0.15) is 30.6 Å². The maximum atomic E-state index is 12.0. The van der Waals surface area contributed by atoms with Gasteiger partial charge in [0.2, 0.25) is 0 Å². The lowest BCUT2D eigenvalue weighted by Gasteiger charge is -2.12. The number of hydrogen-bond acceptors (Lipinski definition) is 6. The number of carbonyl (C=O) groups is 3. The normalized spacial score (nSPS) is 12.2. The summed E-state index contributed by atoms with van der Waals surface area (Å²) in [6.07, 6.45) is 1.67. The molecule has 1 aromatic carbocycles. The SMILES string of the molecule is CC[C@@H](C)NC(=O)NC(=O)COC(=O)c1cc(S(C)(=O)=O)ccc1Cl. The van der Waals surface area contributed by atoms with Gasteiger partial charge in [-0.25, -0.2) is 18.0 Å². The van der Waals surface area contributed by atoms with Gasteiger partial charge in [0.05, 0.1) is 15.5 Å². The summed E-state index contributed by atoms with van der Waals surface area (Å²) in [4.78, 5) is 34.9. The van der Waals surface area contributed by atoms with Crippen molar-refractivity contribution in [1.29, 1.82) is 0 Å². The van der Waals surface area contributed by atoms with Crippen LogP contribution in [0.2, 0.25) is 5.02 Å². The summed E-state index contributed by atoms with van der Waals surface area (Å²) in [5, 5.41) is 4.50. The van der Waals surface area contributed by atoms with E-state index in [9.17, 15) is 22.8 Å². The van der Waals surface area contributed by atoms with E-state index in [2.05, 4.69) is 5.32 Å². The number of carbonyl (C=O) groups excluding carboxylic acids is 3. The van der Waals surface area contributed by atoms with Crippen LogP contribution in [0.25, 0.3) is 0 Å². The summed E-state index contributed by atoms with van der Waals surface area (Å²) < 4.78 is 27.8. The number of ether oxygens (including phenoxy) is 1. The second-order valence-corrected chi connectivity index (χ2v) is 7.74. The van der Waals surface area contributed by atoms with E-state index in [0.717, 1.165) is 12.3 Å². The van der Waals surface area contributed by atoms with E-state index in [4.69, 9.17) is 16.3 Å². The topological polar surface area (TPSA) is 119 Å². The number of esters is 1. The highest BCUT2D eigenvalue weighted by Gasteiger charge is 2.18. The molecule has 0 spiro atoms. The van der Waals surface area contributed by atoms with Crippen molar-refractivity contribution in [2.75, 3.05) is 12.9 Å². The highest BCUT2D eigenvalue weighted by Crippen LogP contribution is 2.21. The Kier molecular flexibility index (Phi) is 7.38. The first-order chi connectivity index (χ1) is 11.5. The predicted octanol–water partition coefficient (Wildman–Crippen LogP) is 1.52. The van der Waals surface area contributed by atoms with Crippen molar-refractivity contribution in [3.8, 4) is 0 Å². The van der Waals surface area contributed by atoms with Gasteiger partial charge in [0.25, 0.3) is 5.91 Å². The second kappa shape index (κ2) is 8.82. The van der Waals surface area contributed by atoms with Gasteiger partial charge in [-0.15, -0.1) is 0 Å². The largest absolute Gasteiger partial charge is 0.452 e. The van der Waals surface area contributed by atoms with E-state index in [1.165, 1.54) is 12.1 Å². The predicted molar refractivity (Wildman–Crippen MR) is 91.3 cm³/mol. The summed E-state index contributed by atoms with van der Waals surface area (Å²) in [5.41, 5.74) is -0.193. The van der Waals surface area contributed by atoms with Crippen LogP contribution in [-0.4, -0.2) is 45.2 Å². The number of nitrogens with one attached hydrogen (secondary N) is 2. The molecule has 1 aromatic rings. The molecule has 0 heterocycles. The highest BCUT2D eigenvalue weighted by molar-refractivity contribution is 7.90. The third-order valence-electron chi connectivity index (χ3n) is 3.16. The Balaban J connectivity index is 2.68. The quantitative estimate of drug-likeness (QED) is 0.711. The van der Waals surface area contributed by atoms with Gasteiger partial charge in [0.1, 0.15) is 0 Å². The van der Waals surface area contributed by atoms with Crippen molar-refractivity contribution in [1.82, 2.24) is 10.6 Å². The fourth-order valence-corrected chi connectivity index (χ4v) is 2.47. The minimum Gasteiger partial charge on any atom is -0.452 e. The molecule has 0 aliphatic carbocycles. The molecule has 1 atom stereocenters. The first-order valence-electron chi connectivity index (χ1n) is 7.31. The van der Waals surface area contributed by atoms with Crippen molar-refractivity contribution >= 4 is 39.3 Å². The maximum absolute atomic E-state index is 12.0. The van der Waals surface area contributed by atoms with Crippen molar-refractivity contribution < 1.29 is 27.5 Å². The fraction of sp³-hybridized carbons (Fsp3) is 0.400. The zero-order valence-electron chi connectivity index (χ0n) is 14.0. The first-order valence-corrected chi connectivity index (χ1v) is 9.58. The highest BCUT2D eigenvalue weighted by atomic mass is 35.5. The molecule has 10 heteroatoms. The number of rotatable bonds is 6. The third kappa shape index (κ3) is 6.71. The number of hydrogen-bond donors (Lipinski definition) is 2. The minimum absolute atomic E-state index is 0.0210. The smallest absolute Gasteiger partial charge is 0.340 e. The van der Waals surface area contributed by atoms with Crippen LogP contribution in [0.4, 0.5) is 4.79 Å². The van der Waals surface area contributed by atoms with Crippen molar-refractivity contribution in [3.63, 3.8) is 0 Å². The number of halogens is 1. The molecule has 0 fully saturated rings. The van der Waals surface area contributed by atoms with Gasteiger partial charge in [-0.05, 0) is 31.5 Å². The standard InChI is InChI=1S/C15H19ClN2O6S/c1-4-9(2)17-15(21)18-13(19)8-24-14(20)11-7-10(25(3,22)23)5-6-12(11)16/h5-7,9H,4,8H2,1-3H3,(H2,17,18,19,21)/t9-/m1/s1. The Morgan fingerprint density at radius 1 is 1.28 bits per heavy atom. The van der Waals surface area contributed by atoms with E-state index < -0.39 is 34.4 Å². The van der Waals surface area contributed by atoms with Crippen LogP contribution in [0, 0.1) is 0 Å². The van der Waals surface area contributed by atoms with Gasteiger partial charge in [0, 0.05) is 12.3 Å². The number of sulfone groups is 1. The molecular formula is C15H19ClN2O6S. The average Bonchev–Trinajstić information content (AvgIpc) is 2.51. The minimum atomic E-state index is -3.54. The lowest BCUT2D eigenvalue weighted by Crippen LogP contribution is -2.44. The molecule has 1 rings (SSSR count). The van der Waals surface area contributed by atoms with Gasteiger partial charge in [0.15, 0.2) is 16.4 Å². The van der Waals surface area contributed by atoms with Gasteiger partial charge in [-0.1, -0.05) is 18.5 Å². The lowest BCUT2D eigenvalue weighted by molar-refractivity contribution is -0.123. The van der Waals surface area contributed by atoms with E-state index in [1.807, 2.05) is 12.2 Å². The average molecular weight is 391 g/mol. The summed E-state index contributed by atoms with van der Waals surface area (Å²) in [6, 6.07) is 2.74. The monoisotopic (exact) mass is 390 g/mol. The van der Waals surface area contributed by atoms with Crippen LogP contribution in [0.15, 0.2) is 23.1 Å². The lowest BCUT2D eigenvalue weighted by atomic mass is 10.2. The van der Waals surface area contributed by atoms with Gasteiger partial charge < -0.3 is 10.1 Å². The van der Waals surface area contributed by atoms with Crippen LogP contribution in [0.3, 0.4) is 0 Å². The molecule has 0 aliphatic rings. The fourth-order valence-electron chi connectivity index (χ4n) is 1.62. The molecule has 0 aliphatic heterocycles. The van der Waals surface area contributed by atoms with E-state index in [0.29, 0.717) is 6.42 Å². The van der Waals surface area contributed by atoms with E-state index >= 15 is 0 Å². The summed E-state index contributed by atoms with van der Waals surface area (Å²) in [5.74, 6) is -1.81. The number of amides is 3. The van der Waals surface area contributed by atoms with E-state index in [-0.39, 0.29) is 21.5 Å². The number of benzene rings is 1. The number of imide groups is 1. The molecule has 0 unspecified atom stereocenters. The molecule has 3 amide bonds. The van der Waals surface area contributed by atoms with Gasteiger partial charge >= 0.3 is 12.0 Å². The Morgan fingerprint density at radius 2 is 1.92 bits per heavy atom. The van der Waals surface area contributed by atoms with Gasteiger partial charge in [-0.2, -0.15) is 0 Å². The molecule has 138 valence electrons. The molecule has 0 saturated heterocycles. The second-order valence-electron chi connectivity index (χ2n) is 5.32. The molecular weight excluding hydrogens is 372 g/mol. The molecule has 0 aromatic heterocycles. The third-order valence-corrected chi connectivity index (χ3v) is 4.60. The van der Waals surface area contributed by atoms with Gasteiger partial charge in [-0.3, -0.25) is 10.1 Å². The Bertz CT molecular complexity index is 778. The van der Waals surface area contributed by atoms with E-state index in [1.54, 1.807) is 6.92 Å². The van der Waals surface area contributed by atoms with Crippen LogP contribution in [-0.2, 0) is 19.4 Å². The molecule has 0 radical (unpaired) electrons. The summed E-state index contributed by atoms with van der Waals surface area (Å²) in [7, 11) is -3.54. The first kappa shape index (κ1) is 20.9. The van der Waals surface area contributed by atoms with Crippen molar-refractivity contribution in [2.24, 2.45) is 0 Å². The summed E-state index contributed by atoms with van der Waals surface area (Å²) >= 11 is 5.85. The van der Waals surface area contributed by atoms with Crippen molar-refractivity contribution in [3.05, 3.63) is 28.8 Å².